The molecule has 17 heteroatoms. The maximum absolute atomic E-state index is 12.5. The minimum absolute atomic E-state index is 0.169. The molecule has 0 radical (unpaired) electrons. The zero-order valence-corrected chi connectivity index (χ0v) is 35.1. The fourth-order valence-corrected chi connectivity index (χ4v) is 8.16. The van der Waals surface area contributed by atoms with E-state index in [4.69, 9.17) is 13.6 Å². The number of hydrogen-bond acceptors (Lipinski definition) is 10. The van der Waals surface area contributed by atoms with Gasteiger partial charge in [-0.05, 0) is 81.8 Å². The molecule has 0 saturated carbocycles. The summed E-state index contributed by atoms with van der Waals surface area (Å²) in [6.07, 6.45) is -0.626. The van der Waals surface area contributed by atoms with Crippen LogP contribution in [-0.4, -0.2) is 100 Å². The van der Waals surface area contributed by atoms with Gasteiger partial charge < -0.3 is 18.1 Å². The van der Waals surface area contributed by atoms with Crippen molar-refractivity contribution in [3.8, 4) is 0 Å². The van der Waals surface area contributed by atoms with Crippen LogP contribution in [0, 0.1) is 5.41 Å². The summed E-state index contributed by atoms with van der Waals surface area (Å²) in [7, 11) is -6.48. The fourth-order valence-electron chi connectivity index (χ4n) is 2.87. The van der Waals surface area contributed by atoms with Crippen LogP contribution in [0.5, 0.6) is 0 Å². The van der Waals surface area contributed by atoms with Gasteiger partial charge in [0.2, 0.25) is 0 Å². The van der Waals surface area contributed by atoms with Crippen LogP contribution < -0.4 is 0 Å². The Balaban J connectivity index is -0.000000252. The van der Waals surface area contributed by atoms with Gasteiger partial charge in [0.15, 0.2) is 0 Å². The monoisotopic (exact) mass is 740 g/mol. The lowest BCUT2D eigenvalue weighted by atomic mass is 9.91. The van der Waals surface area contributed by atoms with E-state index >= 15 is 0 Å². The zero-order valence-electron chi connectivity index (χ0n) is 30.8. The average molecular weight is 741 g/mol. The Morgan fingerprint density at radius 2 is 1.11 bits per heavy atom. The Morgan fingerprint density at radius 3 is 1.30 bits per heavy atom. The third-order valence-electron chi connectivity index (χ3n) is 5.43. The standard InChI is InChI=1S/C11H26NO2PS.C7H16FO2P.C5H14NO2P.C4H10FO2P/c1-7-14-15(6,13)16-9-8-12(10(2)3)11(4)5;1-6(7(2,3)4)10-11(5,8)9;1-5-8-9(4,7)6(2)3;1-4(2)7-8(3,5)6/h10-11H,7-9H2,1-6H3;6H,1-5H3;5H2,1-4H3;4H,1-3H3. The predicted octanol–water partition coefficient (Wildman–Crippen LogP) is 10.5. The third kappa shape index (κ3) is 35.7. The Labute approximate surface area is 273 Å². The van der Waals surface area contributed by atoms with Crippen LogP contribution in [-0.2, 0) is 36.4 Å². The molecule has 0 amide bonds. The van der Waals surface area contributed by atoms with Gasteiger partial charge in [-0.2, -0.15) is 8.39 Å². The van der Waals surface area contributed by atoms with E-state index in [9.17, 15) is 26.7 Å². The molecular weight excluding hydrogens is 674 g/mol. The van der Waals surface area contributed by atoms with Gasteiger partial charge in [-0.25, -0.2) is 4.67 Å². The molecule has 10 nitrogen and oxygen atoms in total. The number of rotatable bonds is 15. The predicted molar refractivity (Wildman–Crippen MR) is 189 cm³/mol. The minimum atomic E-state index is -3.82. The van der Waals surface area contributed by atoms with E-state index in [1.165, 1.54) is 11.4 Å². The van der Waals surface area contributed by atoms with Gasteiger partial charge >= 0.3 is 15.4 Å². The van der Waals surface area contributed by atoms with Crippen molar-refractivity contribution in [1.29, 1.82) is 0 Å². The first-order chi connectivity index (χ1) is 19.3. The molecule has 5 atom stereocenters. The highest BCUT2D eigenvalue weighted by Crippen LogP contribution is 2.56. The van der Waals surface area contributed by atoms with E-state index in [-0.39, 0.29) is 17.6 Å². The molecular formula is C27H66F2N2O8P4S. The number of nitrogens with zero attached hydrogens (tertiary/aromatic N) is 2. The van der Waals surface area contributed by atoms with Gasteiger partial charge in [-0.15, -0.1) is 0 Å². The molecule has 0 saturated heterocycles. The van der Waals surface area contributed by atoms with Crippen molar-refractivity contribution in [3.05, 3.63) is 0 Å². The van der Waals surface area contributed by atoms with Crippen molar-refractivity contribution < 1.29 is 44.7 Å². The lowest BCUT2D eigenvalue weighted by Gasteiger charge is -2.30. The summed E-state index contributed by atoms with van der Waals surface area (Å²) in [6, 6.07) is 1.06. The SMILES string of the molecule is CC(C)OP(C)(=O)F.CC(OP(C)(=O)F)C(C)(C)C.CCOP(C)(=O)N(C)C.CCOP(C)(=O)SCCN(C(C)C)C(C)C. The smallest absolute Gasteiger partial charge is 0.322 e. The highest BCUT2D eigenvalue weighted by molar-refractivity contribution is 8.56. The first-order valence-corrected chi connectivity index (χ1v) is 24.4. The Bertz CT molecular complexity index is 918. The molecule has 0 spiro atoms. The van der Waals surface area contributed by atoms with Crippen LogP contribution in [0.1, 0.15) is 83.1 Å². The summed E-state index contributed by atoms with van der Waals surface area (Å²) in [5.41, 5.74) is -0.169. The van der Waals surface area contributed by atoms with Gasteiger partial charge in [0.25, 0.3) is 14.1 Å². The first-order valence-electron chi connectivity index (χ1n) is 14.8. The van der Waals surface area contributed by atoms with E-state index < -0.39 is 29.4 Å². The molecule has 0 aromatic heterocycles. The molecule has 272 valence electrons. The van der Waals surface area contributed by atoms with Crippen molar-refractivity contribution in [2.24, 2.45) is 5.41 Å². The molecule has 0 aliphatic heterocycles. The first kappa shape index (κ1) is 51.7. The van der Waals surface area contributed by atoms with Gasteiger partial charge in [0.05, 0.1) is 25.4 Å². The van der Waals surface area contributed by atoms with Gasteiger partial charge in [0.1, 0.15) is 0 Å². The molecule has 44 heavy (non-hydrogen) atoms. The van der Waals surface area contributed by atoms with Crippen LogP contribution in [0.2, 0.25) is 0 Å². The lowest BCUT2D eigenvalue weighted by molar-refractivity contribution is 0.0988. The maximum Gasteiger partial charge on any atom is 0.364 e. The largest absolute Gasteiger partial charge is 0.364 e. The van der Waals surface area contributed by atoms with Crippen LogP contribution in [0.3, 0.4) is 0 Å². The topological polar surface area (TPSA) is 112 Å². The van der Waals surface area contributed by atoms with E-state index in [2.05, 4.69) is 37.1 Å². The molecule has 0 heterocycles. The normalized spacial score (nSPS) is 18.1. The van der Waals surface area contributed by atoms with Crippen molar-refractivity contribution in [1.82, 2.24) is 9.57 Å². The molecule has 0 aromatic rings. The average Bonchev–Trinajstić information content (AvgIpc) is 2.74. The minimum Gasteiger partial charge on any atom is -0.322 e. The summed E-state index contributed by atoms with van der Waals surface area (Å²) < 4.78 is 89.1. The maximum atomic E-state index is 12.5. The van der Waals surface area contributed by atoms with Crippen LogP contribution >= 0.6 is 40.8 Å². The number of hydrogen-bond donors (Lipinski definition) is 0. The molecule has 5 unspecified atom stereocenters. The van der Waals surface area contributed by atoms with Crippen molar-refractivity contribution >= 4 is 40.8 Å². The van der Waals surface area contributed by atoms with E-state index in [1.807, 2.05) is 34.6 Å². The number of halogens is 2. The molecule has 0 aliphatic rings. The summed E-state index contributed by atoms with van der Waals surface area (Å²) >= 11 is 1.46. The van der Waals surface area contributed by atoms with Crippen LogP contribution in [0.15, 0.2) is 0 Å². The summed E-state index contributed by atoms with van der Waals surface area (Å²) in [6.45, 7) is 28.0. The highest BCUT2D eigenvalue weighted by Gasteiger charge is 2.27. The Morgan fingerprint density at radius 1 is 0.727 bits per heavy atom. The van der Waals surface area contributed by atoms with Crippen LogP contribution in [0.4, 0.5) is 8.39 Å². The van der Waals surface area contributed by atoms with E-state index in [0.717, 1.165) is 25.6 Å². The summed E-state index contributed by atoms with van der Waals surface area (Å²) in [4.78, 5) is 2.40. The zero-order chi connectivity index (χ0) is 36.3. The van der Waals surface area contributed by atoms with Crippen LogP contribution in [0.25, 0.3) is 0 Å². The van der Waals surface area contributed by atoms with Gasteiger partial charge in [-0.3, -0.25) is 23.2 Å². The summed E-state index contributed by atoms with van der Waals surface area (Å²) in [5.74, 6) is 0.865. The molecule has 0 rings (SSSR count). The lowest BCUT2D eigenvalue weighted by Crippen LogP contribution is -2.38. The van der Waals surface area contributed by atoms with E-state index in [0.29, 0.717) is 25.3 Å². The highest BCUT2D eigenvalue weighted by atomic mass is 32.7. The molecule has 0 aromatic carbocycles. The second-order valence-corrected chi connectivity index (χ2v) is 23.6. The van der Waals surface area contributed by atoms with Gasteiger partial charge in [0, 0.05) is 51.0 Å². The molecule has 0 N–H and O–H groups in total. The Kier molecular flexibility index (Phi) is 28.3. The quantitative estimate of drug-likeness (QED) is 0.150. The van der Waals surface area contributed by atoms with Crippen molar-refractivity contribution in [2.75, 3.05) is 66.3 Å². The third-order valence-corrected chi connectivity index (χ3v) is 12.9. The molecule has 0 bridgehead atoms. The second kappa shape index (κ2) is 24.1. The fraction of sp³-hybridized carbons (Fsp3) is 1.00. The van der Waals surface area contributed by atoms with Gasteiger partial charge in [-0.1, -0.05) is 32.2 Å². The second-order valence-electron chi connectivity index (χ2n) is 12.3. The molecule has 0 aliphatic carbocycles. The van der Waals surface area contributed by atoms with Crippen molar-refractivity contribution in [2.45, 2.75) is 107 Å². The van der Waals surface area contributed by atoms with Crippen molar-refractivity contribution in [3.63, 3.8) is 0 Å². The van der Waals surface area contributed by atoms with E-state index in [1.54, 1.807) is 52.9 Å². The molecule has 0 fully saturated rings. The Hall–Kier alpha value is 0.890. The summed E-state index contributed by atoms with van der Waals surface area (Å²) in [5, 5.41) is 0.